The summed E-state index contributed by atoms with van der Waals surface area (Å²) in [6.07, 6.45) is 12.5. The molecular formula is C23H36O2. The predicted molar refractivity (Wildman–Crippen MR) is 109 cm³/mol. The first-order chi connectivity index (χ1) is 12.0. The zero-order chi connectivity index (χ0) is 18.7. The Morgan fingerprint density at radius 1 is 0.960 bits per heavy atom. The molecule has 0 fully saturated rings. The van der Waals surface area contributed by atoms with E-state index in [-0.39, 0.29) is 0 Å². The summed E-state index contributed by atoms with van der Waals surface area (Å²) in [6, 6.07) is 4.36. The van der Waals surface area contributed by atoms with E-state index in [2.05, 4.69) is 52.0 Å². The van der Waals surface area contributed by atoms with Crippen LogP contribution < -0.4 is 9.47 Å². The highest BCUT2D eigenvalue weighted by atomic mass is 16.5. The van der Waals surface area contributed by atoms with Crippen LogP contribution in [-0.2, 0) is 12.8 Å². The smallest absolute Gasteiger partial charge is 0.126 e. The molecule has 2 heteroatoms. The minimum absolute atomic E-state index is 0.849. The van der Waals surface area contributed by atoms with Gasteiger partial charge in [0.1, 0.15) is 11.5 Å². The van der Waals surface area contributed by atoms with Crippen molar-refractivity contribution in [3.8, 4) is 11.5 Å². The first-order valence-corrected chi connectivity index (χ1v) is 9.54. The molecule has 0 heterocycles. The Bertz CT molecular complexity index is 553. The second-order valence-electron chi connectivity index (χ2n) is 7.01. The third kappa shape index (κ3) is 7.81. The Labute approximate surface area is 154 Å². The molecule has 0 aromatic heterocycles. The van der Waals surface area contributed by atoms with Crippen molar-refractivity contribution in [3.63, 3.8) is 0 Å². The van der Waals surface area contributed by atoms with Crippen LogP contribution in [0.3, 0.4) is 0 Å². The number of aryl methyl sites for hydroxylation is 1. The second kappa shape index (κ2) is 11.8. The summed E-state index contributed by atoms with van der Waals surface area (Å²) in [5.41, 5.74) is 5.24. The van der Waals surface area contributed by atoms with E-state index in [0.717, 1.165) is 42.7 Å². The van der Waals surface area contributed by atoms with Gasteiger partial charge in [0.15, 0.2) is 0 Å². The number of hydrogen-bond acceptors (Lipinski definition) is 2. The molecule has 0 saturated carbocycles. The molecule has 1 aromatic rings. The lowest BCUT2D eigenvalue weighted by atomic mass is 10.00. The number of allylic oxidation sites excluding steroid dienone is 4. The normalized spacial score (nSPS) is 11.4. The Balaban J connectivity index is 2.88. The molecular weight excluding hydrogens is 308 g/mol. The molecule has 0 unspecified atom stereocenters. The van der Waals surface area contributed by atoms with E-state index in [1.54, 1.807) is 14.2 Å². The second-order valence-corrected chi connectivity index (χ2v) is 7.01. The third-order valence-electron chi connectivity index (χ3n) is 4.48. The fourth-order valence-electron chi connectivity index (χ4n) is 2.93. The molecule has 140 valence electrons. The van der Waals surface area contributed by atoms with Crippen LogP contribution >= 0.6 is 0 Å². The van der Waals surface area contributed by atoms with Crippen molar-refractivity contribution in [3.05, 3.63) is 46.6 Å². The van der Waals surface area contributed by atoms with Crippen LogP contribution in [-0.4, -0.2) is 14.2 Å². The summed E-state index contributed by atoms with van der Waals surface area (Å²) < 4.78 is 11.3. The molecule has 0 aliphatic rings. The number of methoxy groups -OCH3 is 2. The summed E-state index contributed by atoms with van der Waals surface area (Å²) in [7, 11) is 3.50. The first-order valence-electron chi connectivity index (χ1n) is 9.54. The minimum Gasteiger partial charge on any atom is -0.496 e. The highest BCUT2D eigenvalue weighted by Crippen LogP contribution is 2.32. The van der Waals surface area contributed by atoms with Gasteiger partial charge in [0.2, 0.25) is 0 Å². The zero-order valence-electron chi connectivity index (χ0n) is 17.1. The highest BCUT2D eigenvalue weighted by molar-refractivity contribution is 5.49. The van der Waals surface area contributed by atoms with Crippen molar-refractivity contribution in [2.24, 2.45) is 0 Å². The Morgan fingerprint density at radius 2 is 1.60 bits per heavy atom. The molecule has 0 bridgehead atoms. The molecule has 2 nitrogen and oxygen atoms in total. The standard InChI is InChI=1S/C23H36O2/c1-7-8-9-13-20-16-22(24-5)21(23(17-20)25-6)15-14-19(4)12-10-11-18(2)3/h11,14,16-17H,7-10,12-13,15H2,1-6H3/b19-14-. The van der Waals surface area contributed by atoms with E-state index < -0.39 is 0 Å². The average Bonchev–Trinajstić information content (AvgIpc) is 2.59. The van der Waals surface area contributed by atoms with Gasteiger partial charge >= 0.3 is 0 Å². The van der Waals surface area contributed by atoms with Crippen molar-refractivity contribution in [2.75, 3.05) is 14.2 Å². The van der Waals surface area contributed by atoms with Crippen molar-refractivity contribution < 1.29 is 9.47 Å². The molecule has 25 heavy (non-hydrogen) atoms. The molecule has 0 atom stereocenters. The number of ether oxygens (including phenoxy) is 2. The van der Waals surface area contributed by atoms with E-state index in [4.69, 9.17) is 9.47 Å². The minimum atomic E-state index is 0.849. The van der Waals surface area contributed by atoms with Gasteiger partial charge in [-0.3, -0.25) is 0 Å². The SMILES string of the molecule is CCCCCc1cc(OC)c(C/C=C(/C)CCC=C(C)C)c(OC)c1. The van der Waals surface area contributed by atoms with Crippen LogP contribution in [0.4, 0.5) is 0 Å². The molecule has 0 spiro atoms. The van der Waals surface area contributed by atoms with Gasteiger partial charge in [-0.05, 0) is 70.6 Å². The molecule has 0 saturated heterocycles. The maximum absolute atomic E-state index is 5.66. The van der Waals surface area contributed by atoms with Gasteiger partial charge in [-0.25, -0.2) is 0 Å². The fourth-order valence-corrected chi connectivity index (χ4v) is 2.93. The third-order valence-corrected chi connectivity index (χ3v) is 4.48. The van der Waals surface area contributed by atoms with Crippen LogP contribution in [0.1, 0.15) is 70.9 Å². The Morgan fingerprint density at radius 3 is 2.12 bits per heavy atom. The maximum atomic E-state index is 5.66. The number of hydrogen-bond donors (Lipinski definition) is 0. The van der Waals surface area contributed by atoms with E-state index in [1.807, 2.05) is 0 Å². The van der Waals surface area contributed by atoms with E-state index in [9.17, 15) is 0 Å². The molecule has 1 aromatic carbocycles. The highest BCUT2D eigenvalue weighted by Gasteiger charge is 2.11. The summed E-state index contributed by atoms with van der Waals surface area (Å²) in [6.45, 7) is 8.74. The van der Waals surface area contributed by atoms with E-state index >= 15 is 0 Å². The average molecular weight is 345 g/mol. The molecule has 0 N–H and O–H groups in total. The number of rotatable bonds is 11. The number of benzene rings is 1. The molecule has 0 aliphatic carbocycles. The fraction of sp³-hybridized carbons (Fsp3) is 0.565. The summed E-state index contributed by atoms with van der Waals surface area (Å²) in [4.78, 5) is 0. The lowest BCUT2D eigenvalue weighted by molar-refractivity contribution is 0.386. The van der Waals surface area contributed by atoms with Gasteiger partial charge in [0, 0.05) is 5.56 Å². The van der Waals surface area contributed by atoms with Crippen LogP contribution in [0.5, 0.6) is 11.5 Å². The van der Waals surface area contributed by atoms with Crippen LogP contribution in [0.15, 0.2) is 35.4 Å². The monoisotopic (exact) mass is 344 g/mol. The quantitative estimate of drug-likeness (QED) is 0.329. The topological polar surface area (TPSA) is 18.5 Å². The summed E-state index contributed by atoms with van der Waals surface area (Å²) >= 11 is 0. The number of unbranched alkanes of at least 4 members (excludes halogenated alkanes) is 2. The van der Waals surface area contributed by atoms with Gasteiger partial charge < -0.3 is 9.47 Å². The molecule has 0 radical (unpaired) electrons. The van der Waals surface area contributed by atoms with Crippen LogP contribution in [0.2, 0.25) is 0 Å². The summed E-state index contributed by atoms with van der Waals surface area (Å²) in [5, 5.41) is 0. The summed E-state index contributed by atoms with van der Waals surface area (Å²) in [5.74, 6) is 1.89. The Hall–Kier alpha value is -1.70. The molecule has 0 aliphatic heterocycles. The van der Waals surface area contributed by atoms with Crippen LogP contribution in [0, 0.1) is 0 Å². The Kier molecular flexibility index (Phi) is 10.1. The largest absolute Gasteiger partial charge is 0.496 e. The first kappa shape index (κ1) is 21.3. The van der Waals surface area contributed by atoms with E-state index in [1.165, 1.54) is 36.0 Å². The van der Waals surface area contributed by atoms with E-state index in [0.29, 0.717) is 0 Å². The van der Waals surface area contributed by atoms with Crippen molar-refractivity contribution >= 4 is 0 Å². The lowest BCUT2D eigenvalue weighted by Gasteiger charge is -2.15. The zero-order valence-corrected chi connectivity index (χ0v) is 17.1. The molecule has 1 rings (SSSR count). The van der Waals surface area contributed by atoms with Gasteiger partial charge in [-0.1, -0.05) is 43.1 Å². The van der Waals surface area contributed by atoms with Gasteiger partial charge in [-0.2, -0.15) is 0 Å². The van der Waals surface area contributed by atoms with Crippen LogP contribution in [0.25, 0.3) is 0 Å². The lowest BCUT2D eigenvalue weighted by Crippen LogP contribution is -1.99. The van der Waals surface area contributed by atoms with Crippen molar-refractivity contribution in [2.45, 2.75) is 72.6 Å². The van der Waals surface area contributed by atoms with Gasteiger partial charge in [0.05, 0.1) is 14.2 Å². The van der Waals surface area contributed by atoms with Gasteiger partial charge in [-0.15, -0.1) is 0 Å². The predicted octanol–water partition coefficient (Wildman–Crippen LogP) is 6.67. The van der Waals surface area contributed by atoms with Gasteiger partial charge in [0.25, 0.3) is 0 Å². The molecule has 0 amide bonds. The van der Waals surface area contributed by atoms with Crippen molar-refractivity contribution in [1.82, 2.24) is 0 Å². The maximum Gasteiger partial charge on any atom is 0.126 e. The van der Waals surface area contributed by atoms with Crippen molar-refractivity contribution in [1.29, 1.82) is 0 Å².